The van der Waals surface area contributed by atoms with Crippen molar-refractivity contribution in [3.8, 4) is 0 Å². The third-order valence-electron chi connectivity index (χ3n) is 5.14. The minimum atomic E-state index is -0.857. The van der Waals surface area contributed by atoms with E-state index in [0.29, 0.717) is 31.4 Å². The number of ether oxygens (including phenoxy) is 1. The summed E-state index contributed by atoms with van der Waals surface area (Å²) in [6.07, 6.45) is 8.76. The van der Waals surface area contributed by atoms with Gasteiger partial charge < -0.3 is 20.1 Å². The molecule has 1 aliphatic carbocycles. The molecule has 2 fully saturated rings. The summed E-state index contributed by atoms with van der Waals surface area (Å²) in [5.41, 5.74) is 0. The lowest BCUT2D eigenvalue weighted by atomic mass is 9.89. The van der Waals surface area contributed by atoms with E-state index in [0.717, 1.165) is 19.3 Å². The number of aliphatic hydroxyl groups is 2. The molecule has 5 unspecified atom stereocenters. The van der Waals surface area contributed by atoms with E-state index in [1.165, 1.54) is 0 Å². The third kappa shape index (κ3) is 5.42. The van der Waals surface area contributed by atoms with Gasteiger partial charge in [0.15, 0.2) is 5.76 Å². The number of rotatable bonds is 10. The maximum atomic E-state index is 12.6. The Balaban J connectivity index is 1.93. The van der Waals surface area contributed by atoms with E-state index in [1.54, 1.807) is 18.2 Å². The summed E-state index contributed by atoms with van der Waals surface area (Å²) in [6, 6.07) is 0. The number of unbranched alkanes of at least 4 members (excludes halogenated alkanes) is 3. The Morgan fingerprint density at radius 3 is 2.81 bits per heavy atom. The van der Waals surface area contributed by atoms with E-state index in [-0.39, 0.29) is 24.2 Å². The SMILES string of the molecule is CCCCCC(O)/C=C/C1C(O)CC2O/C(=C/CCCC(=O)O)C(=O)C21. The molecular weight excluding hydrogens is 336 g/mol. The molecule has 3 N–H and O–H groups in total. The van der Waals surface area contributed by atoms with Crippen molar-refractivity contribution < 1.29 is 29.6 Å². The van der Waals surface area contributed by atoms with Crippen molar-refractivity contribution in [1.82, 2.24) is 0 Å². The Morgan fingerprint density at radius 1 is 1.35 bits per heavy atom. The molecule has 1 saturated carbocycles. The molecule has 6 heteroatoms. The van der Waals surface area contributed by atoms with E-state index in [9.17, 15) is 19.8 Å². The number of carbonyl (C=O) groups excluding carboxylic acids is 1. The molecule has 2 aliphatic rings. The summed E-state index contributed by atoms with van der Waals surface area (Å²) in [6.45, 7) is 2.11. The molecule has 1 aliphatic heterocycles. The number of carbonyl (C=O) groups is 2. The minimum absolute atomic E-state index is 0.0603. The maximum absolute atomic E-state index is 12.6. The monoisotopic (exact) mass is 366 g/mol. The molecule has 26 heavy (non-hydrogen) atoms. The van der Waals surface area contributed by atoms with Crippen LogP contribution in [0.25, 0.3) is 0 Å². The van der Waals surface area contributed by atoms with Gasteiger partial charge in [-0.05, 0) is 25.3 Å². The lowest BCUT2D eigenvalue weighted by Crippen LogP contribution is -2.24. The summed E-state index contributed by atoms with van der Waals surface area (Å²) >= 11 is 0. The van der Waals surface area contributed by atoms with Crippen molar-refractivity contribution in [2.45, 2.75) is 76.6 Å². The number of hydrogen-bond acceptors (Lipinski definition) is 5. The van der Waals surface area contributed by atoms with Gasteiger partial charge >= 0.3 is 5.97 Å². The van der Waals surface area contributed by atoms with E-state index < -0.39 is 24.1 Å². The van der Waals surface area contributed by atoms with Crippen LogP contribution >= 0.6 is 0 Å². The first-order valence-corrected chi connectivity index (χ1v) is 9.61. The van der Waals surface area contributed by atoms with Gasteiger partial charge in [-0.3, -0.25) is 9.59 Å². The Hall–Kier alpha value is -1.66. The van der Waals surface area contributed by atoms with Crippen molar-refractivity contribution >= 4 is 11.8 Å². The summed E-state index contributed by atoms with van der Waals surface area (Å²) < 4.78 is 5.70. The number of ketones is 1. The van der Waals surface area contributed by atoms with Crippen LogP contribution in [-0.4, -0.2) is 45.4 Å². The van der Waals surface area contributed by atoms with E-state index in [4.69, 9.17) is 9.84 Å². The molecule has 5 atom stereocenters. The Labute approximate surface area is 154 Å². The van der Waals surface area contributed by atoms with Crippen LogP contribution in [0.3, 0.4) is 0 Å². The van der Waals surface area contributed by atoms with Crippen LogP contribution in [0.2, 0.25) is 0 Å². The van der Waals surface area contributed by atoms with Gasteiger partial charge in [-0.25, -0.2) is 0 Å². The maximum Gasteiger partial charge on any atom is 0.303 e. The first-order valence-electron chi connectivity index (χ1n) is 9.61. The van der Waals surface area contributed by atoms with Gasteiger partial charge in [-0.2, -0.15) is 0 Å². The Morgan fingerprint density at radius 2 is 2.12 bits per heavy atom. The fraction of sp³-hybridized carbons (Fsp3) is 0.700. The number of allylic oxidation sites excluding steroid dienone is 2. The average molecular weight is 366 g/mol. The fourth-order valence-corrected chi connectivity index (χ4v) is 3.72. The van der Waals surface area contributed by atoms with E-state index in [2.05, 4.69) is 6.92 Å². The molecule has 1 saturated heterocycles. The molecule has 0 amide bonds. The highest BCUT2D eigenvalue weighted by molar-refractivity contribution is 5.98. The van der Waals surface area contributed by atoms with Crippen LogP contribution in [-0.2, 0) is 14.3 Å². The predicted octanol–water partition coefficient (Wildman–Crippen LogP) is 2.59. The molecule has 0 aromatic rings. The molecule has 0 spiro atoms. The van der Waals surface area contributed by atoms with Crippen molar-refractivity contribution in [3.63, 3.8) is 0 Å². The minimum Gasteiger partial charge on any atom is -0.486 e. The quantitative estimate of drug-likeness (QED) is 0.312. The number of Topliss-reactive ketones (excluding diaryl/α,β-unsaturated/α-hetero) is 1. The van der Waals surface area contributed by atoms with Crippen molar-refractivity contribution in [2.75, 3.05) is 0 Å². The van der Waals surface area contributed by atoms with Crippen LogP contribution in [0.4, 0.5) is 0 Å². The van der Waals surface area contributed by atoms with Crippen molar-refractivity contribution in [1.29, 1.82) is 0 Å². The van der Waals surface area contributed by atoms with Gasteiger partial charge in [0.2, 0.25) is 5.78 Å². The van der Waals surface area contributed by atoms with Gasteiger partial charge in [0.25, 0.3) is 0 Å². The highest BCUT2D eigenvalue weighted by Gasteiger charge is 2.52. The molecular formula is C20H30O6. The molecule has 0 radical (unpaired) electrons. The highest BCUT2D eigenvalue weighted by atomic mass is 16.5. The smallest absolute Gasteiger partial charge is 0.303 e. The lowest BCUT2D eigenvalue weighted by Gasteiger charge is -2.15. The normalized spacial score (nSPS) is 30.7. The van der Waals surface area contributed by atoms with Crippen molar-refractivity contribution in [3.05, 3.63) is 24.0 Å². The second-order valence-corrected chi connectivity index (χ2v) is 7.23. The molecule has 146 valence electrons. The van der Waals surface area contributed by atoms with Crippen LogP contribution in [0.15, 0.2) is 24.0 Å². The zero-order chi connectivity index (χ0) is 19.1. The standard InChI is InChI=1S/C20H30O6/c1-2-3-4-7-13(21)10-11-14-15(22)12-17-19(14)20(25)16(26-17)8-5-6-9-18(23)24/h8,10-11,13-15,17,19,21-22H,2-7,9,12H2,1H3,(H,23,24)/b11-10+,16-8+. The zero-order valence-corrected chi connectivity index (χ0v) is 15.3. The highest BCUT2D eigenvalue weighted by Crippen LogP contribution is 2.43. The first-order chi connectivity index (χ1) is 12.4. The van der Waals surface area contributed by atoms with E-state index in [1.807, 2.05) is 0 Å². The predicted molar refractivity (Wildman–Crippen MR) is 96.3 cm³/mol. The topological polar surface area (TPSA) is 104 Å². The van der Waals surface area contributed by atoms with Gasteiger partial charge in [-0.15, -0.1) is 0 Å². The summed E-state index contributed by atoms with van der Waals surface area (Å²) in [5.74, 6) is -1.46. The second kappa shape index (κ2) is 9.88. The number of carboxylic acids is 1. The third-order valence-corrected chi connectivity index (χ3v) is 5.14. The van der Waals surface area contributed by atoms with Crippen LogP contribution in [0.1, 0.15) is 58.3 Å². The zero-order valence-electron chi connectivity index (χ0n) is 15.3. The summed E-state index contributed by atoms with van der Waals surface area (Å²) in [7, 11) is 0. The van der Waals surface area contributed by atoms with Gasteiger partial charge in [0.1, 0.15) is 6.10 Å². The number of fused-ring (bicyclic) bond motifs is 1. The van der Waals surface area contributed by atoms with Crippen LogP contribution < -0.4 is 0 Å². The molecule has 0 aromatic carbocycles. The van der Waals surface area contributed by atoms with Crippen molar-refractivity contribution in [2.24, 2.45) is 11.8 Å². The fourth-order valence-electron chi connectivity index (χ4n) is 3.72. The van der Waals surface area contributed by atoms with E-state index >= 15 is 0 Å². The molecule has 2 rings (SSSR count). The molecule has 0 aromatic heterocycles. The van der Waals surface area contributed by atoms with Gasteiger partial charge in [0, 0.05) is 18.8 Å². The molecule has 0 bridgehead atoms. The number of aliphatic hydroxyl groups excluding tert-OH is 2. The van der Waals surface area contributed by atoms with Gasteiger partial charge in [0.05, 0.1) is 18.1 Å². The first kappa shape index (κ1) is 20.6. The number of carboxylic acid groups (broad SMARTS) is 1. The number of aliphatic carboxylic acids is 1. The average Bonchev–Trinajstić information content (AvgIpc) is 3.05. The van der Waals surface area contributed by atoms with Crippen LogP contribution in [0, 0.1) is 11.8 Å². The second-order valence-electron chi connectivity index (χ2n) is 7.23. The van der Waals surface area contributed by atoms with Gasteiger partial charge in [-0.1, -0.05) is 38.3 Å². The number of hydrogen-bond donors (Lipinski definition) is 3. The molecule has 6 nitrogen and oxygen atoms in total. The molecule has 1 heterocycles. The largest absolute Gasteiger partial charge is 0.486 e. The Kier molecular flexibility index (Phi) is 7.85. The van der Waals surface area contributed by atoms with Crippen LogP contribution in [0.5, 0.6) is 0 Å². The lowest BCUT2D eigenvalue weighted by molar-refractivity contribution is -0.137. The Bertz CT molecular complexity index is 553. The summed E-state index contributed by atoms with van der Waals surface area (Å²) in [5, 5.41) is 28.9. The summed E-state index contributed by atoms with van der Waals surface area (Å²) in [4.78, 5) is 23.1.